The van der Waals surface area contributed by atoms with Crippen molar-refractivity contribution in [2.24, 2.45) is 5.73 Å². The van der Waals surface area contributed by atoms with Crippen LogP contribution in [0, 0.1) is 0 Å². The predicted molar refractivity (Wildman–Crippen MR) is 243 cm³/mol. The molecular weight excluding hydrogens is 835 g/mol. The molecule has 5 aromatic rings. The van der Waals surface area contributed by atoms with Crippen LogP contribution in [0.2, 0.25) is 0 Å². The topological polar surface area (TPSA) is 238 Å². The zero-order valence-electron chi connectivity index (χ0n) is 35.0. The molecule has 3 heterocycles. The third-order valence-electron chi connectivity index (χ3n) is 10.6. The molecule has 2 aliphatic heterocycles. The van der Waals surface area contributed by atoms with Gasteiger partial charge in [-0.2, -0.15) is 0 Å². The Kier molecular flexibility index (Phi) is 16.5. The second-order valence-electron chi connectivity index (χ2n) is 15.5. The highest BCUT2D eigenvalue weighted by molar-refractivity contribution is 7.09. The van der Waals surface area contributed by atoms with E-state index in [-0.39, 0.29) is 38.6 Å². The molecule has 0 radical (unpaired) electrons. The van der Waals surface area contributed by atoms with Crippen molar-refractivity contribution in [3.8, 4) is 11.1 Å². The van der Waals surface area contributed by atoms with Gasteiger partial charge in [0, 0.05) is 42.7 Å². The van der Waals surface area contributed by atoms with E-state index in [1.165, 1.54) is 23.5 Å². The van der Waals surface area contributed by atoms with Crippen LogP contribution in [0.15, 0.2) is 127 Å². The molecule has 15 nitrogen and oxygen atoms in total. The number of carboxylic acids is 1. The van der Waals surface area contributed by atoms with E-state index in [9.17, 15) is 38.7 Å². The number of carbonyl (C=O) groups is 7. The molecule has 6 amide bonds. The molecule has 7 rings (SSSR count). The van der Waals surface area contributed by atoms with Gasteiger partial charge in [-0.3, -0.25) is 28.8 Å². The first kappa shape index (κ1) is 46.3. The van der Waals surface area contributed by atoms with Gasteiger partial charge in [-0.05, 0) is 64.4 Å². The van der Waals surface area contributed by atoms with Crippen LogP contribution >= 0.6 is 11.3 Å². The molecule has 5 atom stereocenters. The Hall–Kier alpha value is -7.17. The van der Waals surface area contributed by atoms with E-state index in [1.54, 1.807) is 54.6 Å². The zero-order chi connectivity index (χ0) is 45.4. The number of carboxylic acid groups (broad SMARTS) is 1. The number of thiophene rings is 1. The van der Waals surface area contributed by atoms with Crippen LogP contribution in [0.1, 0.15) is 40.8 Å². The molecule has 9 N–H and O–H groups in total. The lowest BCUT2D eigenvalue weighted by Gasteiger charge is -2.26. The Morgan fingerprint density at radius 2 is 1.20 bits per heavy atom. The standard InChI is InChI=1S/C48H51N7O8S/c49-23-7-14-42(56)51-40-29-43(57)52-39(28-36-13-8-24-64-36)47(61)54-38(26-31-15-19-34(20-16-31)33-11-5-2-6-12-33)45(59)53-37(25-30-9-3-1-4-10-30)46(60)55-41(48(62)63)27-32-17-21-35(22-18-32)50-44(40)58/h1-6,8-13,15-22,24,37-41H,7,14,23,25-29,49H2,(H,50,58)(H,51,56)(H,52,57)(H,53,59)(H,54,61)(H,55,60)(H,62,63)/t37-,38+,39-,40+,41+/m1/s1. The van der Waals surface area contributed by atoms with Crippen molar-refractivity contribution < 1.29 is 38.7 Å². The van der Waals surface area contributed by atoms with Crippen molar-refractivity contribution >= 4 is 58.4 Å². The molecule has 0 saturated heterocycles. The van der Waals surface area contributed by atoms with E-state index in [4.69, 9.17) is 5.73 Å². The Morgan fingerprint density at radius 3 is 1.80 bits per heavy atom. The normalized spacial score (nSPS) is 20.1. The second kappa shape index (κ2) is 22.8. The number of hydrogen-bond donors (Lipinski definition) is 8. The quantitative estimate of drug-likeness (QED) is 0.0858. The number of hydrogen-bond acceptors (Lipinski definition) is 9. The highest BCUT2D eigenvalue weighted by Gasteiger charge is 2.33. The van der Waals surface area contributed by atoms with Crippen LogP contribution in [0.25, 0.3) is 11.1 Å². The fraction of sp³-hybridized carbons (Fsp3) is 0.271. The molecule has 0 aliphatic carbocycles. The van der Waals surface area contributed by atoms with Gasteiger partial charge in [0.25, 0.3) is 0 Å². The first-order valence-electron chi connectivity index (χ1n) is 21.0. The summed E-state index contributed by atoms with van der Waals surface area (Å²) in [6.07, 6.45) is -0.357. The number of anilines is 1. The smallest absolute Gasteiger partial charge is 0.326 e. The fourth-order valence-electron chi connectivity index (χ4n) is 7.19. The van der Waals surface area contributed by atoms with Crippen LogP contribution in [0.3, 0.4) is 0 Å². The van der Waals surface area contributed by atoms with Crippen molar-refractivity contribution in [3.63, 3.8) is 0 Å². The maximum atomic E-state index is 14.6. The summed E-state index contributed by atoms with van der Waals surface area (Å²) in [5, 5.41) is 28.4. The van der Waals surface area contributed by atoms with Gasteiger partial charge in [0.05, 0.1) is 6.42 Å². The molecule has 0 saturated carbocycles. The van der Waals surface area contributed by atoms with Gasteiger partial charge >= 0.3 is 5.97 Å². The molecule has 1 aromatic heterocycles. The Morgan fingerprint density at radius 1 is 0.625 bits per heavy atom. The third kappa shape index (κ3) is 13.7. The molecular formula is C48H51N7O8S. The van der Waals surface area contributed by atoms with E-state index < -0.39 is 78.0 Å². The van der Waals surface area contributed by atoms with Crippen LogP contribution in [0.4, 0.5) is 5.69 Å². The van der Waals surface area contributed by atoms with Crippen LogP contribution in [-0.2, 0) is 59.2 Å². The largest absolute Gasteiger partial charge is 0.480 e. The summed E-state index contributed by atoms with van der Waals surface area (Å²) in [5.41, 5.74) is 9.65. The Bertz CT molecular complexity index is 2380. The van der Waals surface area contributed by atoms with Crippen molar-refractivity contribution in [1.29, 1.82) is 0 Å². The van der Waals surface area contributed by atoms with E-state index in [0.717, 1.165) is 16.0 Å². The third-order valence-corrected chi connectivity index (χ3v) is 11.5. The van der Waals surface area contributed by atoms with Gasteiger partial charge in [-0.25, -0.2) is 4.79 Å². The minimum absolute atomic E-state index is 0.00588. The van der Waals surface area contributed by atoms with Crippen molar-refractivity contribution in [2.75, 3.05) is 11.9 Å². The molecule has 16 heteroatoms. The molecule has 0 unspecified atom stereocenters. The number of amides is 6. The summed E-state index contributed by atoms with van der Waals surface area (Å²) in [6.45, 7) is 0.231. The Balaban J connectivity index is 1.37. The minimum Gasteiger partial charge on any atom is -0.480 e. The summed E-state index contributed by atoms with van der Waals surface area (Å²) in [7, 11) is 0. The first-order valence-corrected chi connectivity index (χ1v) is 21.8. The van der Waals surface area contributed by atoms with Gasteiger partial charge < -0.3 is 42.7 Å². The zero-order valence-corrected chi connectivity index (χ0v) is 35.8. The highest BCUT2D eigenvalue weighted by Crippen LogP contribution is 2.21. The minimum atomic E-state index is -1.42. The molecule has 4 aromatic carbocycles. The number of rotatable bonds is 12. The number of nitrogens with two attached hydrogens (primary N) is 1. The average Bonchev–Trinajstić information content (AvgIpc) is 3.81. The molecule has 332 valence electrons. The molecule has 64 heavy (non-hydrogen) atoms. The van der Waals surface area contributed by atoms with Gasteiger partial charge in [-0.15, -0.1) is 11.3 Å². The van der Waals surface area contributed by atoms with Crippen molar-refractivity contribution in [1.82, 2.24) is 26.6 Å². The molecule has 2 aliphatic rings. The summed E-state index contributed by atoms with van der Waals surface area (Å²) >= 11 is 1.35. The SMILES string of the molecule is NCCCC(=O)N[C@H]1CC(=O)N[C@H](Cc2cccs2)C(=O)N[C@@H](Cc2ccc(-c3ccccc3)cc2)C(=O)N[C@H](Cc2ccccc2)C(=O)N[C@H](C(=O)O)Cc2ccc(cc2)NC1=O. The summed E-state index contributed by atoms with van der Waals surface area (Å²) in [4.78, 5) is 96.9. The Labute approximate surface area is 374 Å². The highest BCUT2D eigenvalue weighted by atomic mass is 32.1. The van der Waals surface area contributed by atoms with E-state index in [1.807, 2.05) is 60.0 Å². The number of fused-ring (bicyclic) bond motifs is 18. The monoisotopic (exact) mass is 885 g/mol. The number of carbonyl (C=O) groups excluding carboxylic acids is 6. The van der Waals surface area contributed by atoms with Crippen LogP contribution in [-0.4, -0.2) is 83.3 Å². The summed E-state index contributed by atoms with van der Waals surface area (Å²) < 4.78 is 0. The van der Waals surface area contributed by atoms with Gasteiger partial charge in [0.15, 0.2) is 0 Å². The summed E-state index contributed by atoms with van der Waals surface area (Å²) in [5.74, 6) is -5.50. The fourth-order valence-corrected chi connectivity index (χ4v) is 7.94. The van der Waals surface area contributed by atoms with Gasteiger partial charge in [-0.1, -0.05) is 103 Å². The van der Waals surface area contributed by atoms with E-state index in [2.05, 4.69) is 31.9 Å². The number of benzene rings is 4. The lowest BCUT2D eigenvalue weighted by atomic mass is 9.99. The second-order valence-corrected chi connectivity index (χ2v) is 16.5. The van der Waals surface area contributed by atoms with Crippen molar-refractivity contribution in [3.05, 3.63) is 148 Å². The van der Waals surface area contributed by atoms with Gasteiger partial charge in [0.1, 0.15) is 30.2 Å². The predicted octanol–water partition coefficient (Wildman–Crippen LogP) is 3.28. The molecule has 0 fully saturated rings. The number of aliphatic carboxylic acids is 1. The number of nitrogens with one attached hydrogen (secondary N) is 6. The summed E-state index contributed by atoms with van der Waals surface area (Å²) in [6, 6.07) is 29.2. The van der Waals surface area contributed by atoms with E-state index in [0.29, 0.717) is 28.8 Å². The van der Waals surface area contributed by atoms with Crippen LogP contribution in [0.5, 0.6) is 0 Å². The van der Waals surface area contributed by atoms with E-state index >= 15 is 0 Å². The maximum Gasteiger partial charge on any atom is 0.326 e. The van der Waals surface area contributed by atoms with Crippen molar-refractivity contribution in [2.45, 2.75) is 75.2 Å². The molecule has 0 spiro atoms. The lowest BCUT2D eigenvalue weighted by molar-refractivity contribution is -0.142. The lowest BCUT2D eigenvalue weighted by Crippen LogP contribution is -2.59. The first-order chi connectivity index (χ1) is 30.9. The van der Waals surface area contributed by atoms with Crippen LogP contribution < -0.4 is 37.6 Å². The average molecular weight is 886 g/mol. The molecule has 2 bridgehead atoms. The maximum absolute atomic E-state index is 14.6. The van der Waals surface area contributed by atoms with Gasteiger partial charge in [0.2, 0.25) is 35.4 Å².